The zero-order chi connectivity index (χ0) is 16.2. The van der Waals surface area contributed by atoms with E-state index < -0.39 is 0 Å². The number of hydrogen-bond donors (Lipinski definition) is 0. The number of thiophene rings is 1. The molecular formula is C19H28N4S. The van der Waals surface area contributed by atoms with Gasteiger partial charge in [0.05, 0.1) is 6.33 Å². The quantitative estimate of drug-likeness (QED) is 0.802. The second-order valence-electron chi connectivity index (χ2n) is 7.41. The summed E-state index contributed by atoms with van der Waals surface area (Å²) >= 11 is 1.95. The van der Waals surface area contributed by atoms with Crippen molar-refractivity contribution in [1.29, 1.82) is 0 Å². The molecule has 0 radical (unpaired) electrons. The SMILES string of the molecule is c1cn(C[C@H]2CCCN(Cc3cc(CN4CCCC4)cs3)C2)cn1. The highest BCUT2D eigenvalue weighted by Gasteiger charge is 2.21. The first-order valence-corrected chi connectivity index (χ1v) is 10.2. The van der Waals surface area contributed by atoms with Crippen molar-refractivity contribution < 1.29 is 0 Å². The Hall–Kier alpha value is -1.17. The van der Waals surface area contributed by atoms with Crippen molar-refractivity contribution in [2.75, 3.05) is 26.2 Å². The molecule has 130 valence electrons. The van der Waals surface area contributed by atoms with Gasteiger partial charge in [-0.05, 0) is 68.2 Å². The van der Waals surface area contributed by atoms with Crippen LogP contribution in [0.1, 0.15) is 36.1 Å². The van der Waals surface area contributed by atoms with Crippen molar-refractivity contribution >= 4 is 11.3 Å². The average molecular weight is 345 g/mol. The van der Waals surface area contributed by atoms with Crippen molar-refractivity contribution in [3.05, 3.63) is 40.6 Å². The van der Waals surface area contributed by atoms with Gasteiger partial charge < -0.3 is 4.57 Å². The van der Waals surface area contributed by atoms with Gasteiger partial charge >= 0.3 is 0 Å². The highest BCUT2D eigenvalue weighted by atomic mass is 32.1. The van der Waals surface area contributed by atoms with Crippen LogP contribution in [-0.4, -0.2) is 45.5 Å². The lowest BCUT2D eigenvalue weighted by Crippen LogP contribution is -2.36. The smallest absolute Gasteiger partial charge is 0.0946 e. The third kappa shape index (κ3) is 4.26. The number of piperidine rings is 1. The molecule has 0 aliphatic carbocycles. The van der Waals surface area contributed by atoms with Crippen LogP contribution >= 0.6 is 11.3 Å². The summed E-state index contributed by atoms with van der Waals surface area (Å²) in [5.41, 5.74) is 1.52. The van der Waals surface area contributed by atoms with Crippen LogP contribution in [0.4, 0.5) is 0 Å². The Kier molecular flexibility index (Phi) is 5.30. The van der Waals surface area contributed by atoms with Crippen LogP contribution < -0.4 is 0 Å². The van der Waals surface area contributed by atoms with Gasteiger partial charge in [0, 0.05) is 43.4 Å². The van der Waals surface area contributed by atoms with E-state index in [9.17, 15) is 0 Å². The van der Waals surface area contributed by atoms with Crippen LogP contribution in [0.3, 0.4) is 0 Å². The van der Waals surface area contributed by atoms with Crippen LogP contribution in [0.15, 0.2) is 30.2 Å². The topological polar surface area (TPSA) is 24.3 Å². The summed E-state index contributed by atoms with van der Waals surface area (Å²) < 4.78 is 2.23. The summed E-state index contributed by atoms with van der Waals surface area (Å²) in [5, 5.41) is 2.38. The predicted octanol–water partition coefficient (Wildman–Crippen LogP) is 3.45. The maximum atomic E-state index is 4.17. The molecular weight excluding hydrogens is 316 g/mol. The lowest BCUT2D eigenvalue weighted by Gasteiger charge is -2.32. The highest BCUT2D eigenvalue weighted by Crippen LogP contribution is 2.24. The Balaban J connectivity index is 1.29. The van der Waals surface area contributed by atoms with Crippen molar-refractivity contribution in [3.63, 3.8) is 0 Å². The Labute approximate surface area is 149 Å². The van der Waals surface area contributed by atoms with E-state index in [1.165, 1.54) is 62.3 Å². The second-order valence-corrected chi connectivity index (χ2v) is 8.40. The second kappa shape index (κ2) is 7.81. The van der Waals surface area contributed by atoms with E-state index in [0.717, 1.165) is 25.6 Å². The molecule has 0 spiro atoms. The summed E-state index contributed by atoms with van der Waals surface area (Å²) in [5.74, 6) is 0.761. The van der Waals surface area contributed by atoms with Crippen molar-refractivity contribution in [3.8, 4) is 0 Å². The van der Waals surface area contributed by atoms with Gasteiger partial charge in [-0.2, -0.15) is 0 Å². The molecule has 4 rings (SSSR count). The van der Waals surface area contributed by atoms with Gasteiger partial charge in [-0.25, -0.2) is 4.98 Å². The first-order valence-electron chi connectivity index (χ1n) is 9.32. The molecule has 2 aromatic heterocycles. The molecule has 0 saturated carbocycles. The third-order valence-electron chi connectivity index (χ3n) is 5.32. The Morgan fingerprint density at radius 1 is 1.08 bits per heavy atom. The van der Waals surface area contributed by atoms with Gasteiger partial charge in [0.15, 0.2) is 0 Å². The molecule has 1 atom stereocenters. The summed E-state index contributed by atoms with van der Waals surface area (Å²) in [7, 11) is 0. The van der Waals surface area contributed by atoms with Crippen LogP contribution in [0.5, 0.6) is 0 Å². The van der Waals surface area contributed by atoms with Crippen LogP contribution in [0.2, 0.25) is 0 Å². The molecule has 0 N–H and O–H groups in total. The summed E-state index contributed by atoms with van der Waals surface area (Å²) in [6.45, 7) is 8.43. The average Bonchev–Trinajstić information content (AvgIpc) is 3.32. The molecule has 2 fully saturated rings. The molecule has 0 amide bonds. The number of hydrogen-bond acceptors (Lipinski definition) is 4. The molecule has 2 aliphatic rings. The van der Waals surface area contributed by atoms with Crippen LogP contribution in [-0.2, 0) is 19.6 Å². The summed E-state index contributed by atoms with van der Waals surface area (Å²) in [4.78, 5) is 10.9. The number of aromatic nitrogens is 2. The summed E-state index contributed by atoms with van der Waals surface area (Å²) in [6.07, 6.45) is 11.3. The minimum Gasteiger partial charge on any atom is -0.337 e. The minimum atomic E-state index is 0.761. The molecule has 24 heavy (non-hydrogen) atoms. The third-order valence-corrected chi connectivity index (χ3v) is 6.29. The highest BCUT2D eigenvalue weighted by molar-refractivity contribution is 7.10. The van der Waals surface area contributed by atoms with Crippen molar-refractivity contribution in [1.82, 2.24) is 19.4 Å². The van der Waals surface area contributed by atoms with E-state index in [-0.39, 0.29) is 0 Å². The standard InChI is InChI=1S/C19H28N4S/c1-2-7-21(6-1)13-18-10-19(24-15-18)14-22-8-3-4-17(11-22)12-23-9-5-20-16-23/h5,9-10,15-17H,1-4,6-8,11-14H2/t17-/m0/s1. The largest absolute Gasteiger partial charge is 0.337 e. The molecule has 5 heteroatoms. The number of rotatable bonds is 6. The number of imidazole rings is 1. The van der Waals surface area contributed by atoms with E-state index in [2.05, 4.69) is 37.0 Å². The zero-order valence-electron chi connectivity index (χ0n) is 14.4. The molecule has 4 heterocycles. The van der Waals surface area contributed by atoms with Gasteiger partial charge in [-0.3, -0.25) is 9.80 Å². The maximum absolute atomic E-state index is 4.17. The first-order chi connectivity index (χ1) is 11.8. The number of nitrogens with zero attached hydrogens (tertiary/aromatic N) is 4. The molecule has 0 unspecified atom stereocenters. The van der Waals surface area contributed by atoms with Gasteiger partial charge in [0.25, 0.3) is 0 Å². The van der Waals surface area contributed by atoms with Crippen LogP contribution in [0.25, 0.3) is 0 Å². The lowest BCUT2D eigenvalue weighted by atomic mass is 9.98. The molecule has 0 aromatic carbocycles. The zero-order valence-corrected chi connectivity index (χ0v) is 15.3. The van der Waals surface area contributed by atoms with Gasteiger partial charge in [-0.1, -0.05) is 0 Å². The Bertz CT molecular complexity index is 615. The fourth-order valence-electron chi connectivity index (χ4n) is 4.15. The van der Waals surface area contributed by atoms with E-state index >= 15 is 0 Å². The Morgan fingerprint density at radius 3 is 2.79 bits per heavy atom. The fourth-order valence-corrected chi connectivity index (χ4v) is 5.07. The van der Waals surface area contributed by atoms with Gasteiger partial charge in [-0.15, -0.1) is 11.3 Å². The predicted molar refractivity (Wildman–Crippen MR) is 99.1 cm³/mol. The summed E-state index contributed by atoms with van der Waals surface area (Å²) in [6, 6.07) is 2.45. The fraction of sp³-hybridized carbons (Fsp3) is 0.632. The van der Waals surface area contributed by atoms with Crippen molar-refractivity contribution in [2.45, 2.75) is 45.3 Å². The lowest BCUT2D eigenvalue weighted by molar-refractivity contribution is 0.157. The normalized spacial score (nSPS) is 23.1. The molecule has 4 nitrogen and oxygen atoms in total. The van der Waals surface area contributed by atoms with Crippen molar-refractivity contribution in [2.24, 2.45) is 5.92 Å². The monoisotopic (exact) mass is 344 g/mol. The molecule has 2 saturated heterocycles. The van der Waals surface area contributed by atoms with Gasteiger partial charge in [0.2, 0.25) is 0 Å². The molecule has 2 aliphatic heterocycles. The molecule has 0 bridgehead atoms. The minimum absolute atomic E-state index is 0.761. The van der Waals surface area contributed by atoms with Gasteiger partial charge in [0.1, 0.15) is 0 Å². The van der Waals surface area contributed by atoms with E-state index in [1.54, 1.807) is 0 Å². The Morgan fingerprint density at radius 2 is 1.96 bits per heavy atom. The van der Waals surface area contributed by atoms with E-state index in [1.807, 2.05) is 23.9 Å². The van der Waals surface area contributed by atoms with E-state index in [4.69, 9.17) is 0 Å². The first kappa shape index (κ1) is 16.3. The maximum Gasteiger partial charge on any atom is 0.0946 e. The molecule has 2 aromatic rings. The number of likely N-dealkylation sites (tertiary alicyclic amines) is 2. The van der Waals surface area contributed by atoms with Crippen LogP contribution in [0, 0.1) is 5.92 Å². The van der Waals surface area contributed by atoms with E-state index in [0.29, 0.717) is 0 Å².